The molecule has 0 spiro atoms. The average molecular weight is 262 g/mol. The summed E-state index contributed by atoms with van der Waals surface area (Å²) in [6.45, 7) is 13.3. The van der Waals surface area contributed by atoms with Gasteiger partial charge in [-0.3, -0.25) is 0 Å². The van der Waals surface area contributed by atoms with E-state index in [1.807, 2.05) is 0 Å². The summed E-state index contributed by atoms with van der Waals surface area (Å²) in [7, 11) is 0. The fourth-order valence-electron chi connectivity index (χ4n) is 2.27. The molecule has 2 nitrogen and oxygen atoms in total. The monoisotopic (exact) mass is 262 g/mol. The molecule has 2 heteroatoms. The number of hydrogen-bond acceptors (Lipinski definition) is 2. The lowest BCUT2D eigenvalue weighted by atomic mass is 9.84. The molecular formula is C17H30N2. The van der Waals surface area contributed by atoms with Crippen LogP contribution in [0.5, 0.6) is 0 Å². The molecule has 0 saturated heterocycles. The van der Waals surface area contributed by atoms with Crippen LogP contribution in [0.15, 0.2) is 24.3 Å². The number of rotatable bonds is 8. The molecule has 0 radical (unpaired) electrons. The molecule has 0 bridgehead atoms. The van der Waals surface area contributed by atoms with E-state index in [9.17, 15) is 0 Å². The minimum absolute atomic E-state index is 0.223. The topological polar surface area (TPSA) is 24.1 Å². The van der Waals surface area contributed by atoms with Crippen LogP contribution in [0.25, 0.3) is 0 Å². The highest BCUT2D eigenvalue weighted by atomic mass is 14.9. The van der Waals surface area contributed by atoms with E-state index in [2.05, 4.69) is 62.6 Å². The Morgan fingerprint density at radius 2 is 1.63 bits per heavy atom. The quantitative estimate of drug-likeness (QED) is 0.701. The van der Waals surface area contributed by atoms with E-state index < -0.39 is 0 Å². The maximum Gasteiger partial charge on any atom is 0.0208 e. The second-order valence-electron chi connectivity index (χ2n) is 6.19. The summed E-state index contributed by atoms with van der Waals surface area (Å²) in [5.41, 5.74) is 3.10. The lowest BCUT2D eigenvalue weighted by molar-refractivity contribution is 0.563. The minimum atomic E-state index is 0.223. The summed E-state index contributed by atoms with van der Waals surface area (Å²) in [5, 5.41) is 6.98. The summed E-state index contributed by atoms with van der Waals surface area (Å²) in [5.74, 6) is 0. The van der Waals surface area contributed by atoms with Crippen LogP contribution < -0.4 is 10.6 Å². The highest BCUT2D eigenvalue weighted by Gasteiger charge is 2.16. The summed E-state index contributed by atoms with van der Waals surface area (Å²) >= 11 is 0. The Bertz CT molecular complexity index is 353. The lowest BCUT2D eigenvalue weighted by Gasteiger charge is -2.23. The van der Waals surface area contributed by atoms with Crippen molar-refractivity contribution in [3.05, 3.63) is 35.4 Å². The van der Waals surface area contributed by atoms with E-state index in [4.69, 9.17) is 0 Å². The Kier molecular flexibility index (Phi) is 7.11. The van der Waals surface area contributed by atoms with Gasteiger partial charge in [0.25, 0.3) is 0 Å². The molecule has 0 amide bonds. The van der Waals surface area contributed by atoms with Crippen LogP contribution in [-0.4, -0.2) is 19.6 Å². The first-order valence-corrected chi connectivity index (χ1v) is 7.55. The van der Waals surface area contributed by atoms with Crippen LogP contribution in [0.2, 0.25) is 0 Å². The van der Waals surface area contributed by atoms with E-state index >= 15 is 0 Å². The smallest absolute Gasteiger partial charge is 0.0208 e. The van der Waals surface area contributed by atoms with Gasteiger partial charge in [0.1, 0.15) is 0 Å². The summed E-state index contributed by atoms with van der Waals surface area (Å²) < 4.78 is 0. The lowest BCUT2D eigenvalue weighted by Crippen LogP contribution is -2.23. The van der Waals surface area contributed by atoms with Crippen molar-refractivity contribution < 1.29 is 0 Å². The molecular weight excluding hydrogens is 232 g/mol. The summed E-state index contributed by atoms with van der Waals surface area (Å²) in [4.78, 5) is 0. The Morgan fingerprint density at radius 1 is 0.947 bits per heavy atom. The molecule has 0 aromatic heterocycles. The van der Waals surface area contributed by atoms with Gasteiger partial charge in [-0.15, -0.1) is 0 Å². The molecule has 0 atom stereocenters. The fourth-order valence-corrected chi connectivity index (χ4v) is 2.27. The van der Waals surface area contributed by atoms with Gasteiger partial charge in [0.2, 0.25) is 0 Å². The third-order valence-electron chi connectivity index (χ3n) is 3.27. The minimum Gasteiger partial charge on any atom is -0.317 e. The average Bonchev–Trinajstić information content (AvgIpc) is 2.37. The van der Waals surface area contributed by atoms with Crippen LogP contribution in [0.4, 0.5) is 0 Å². The van der Waals surface area contributed by atoms with Crippen molar-refractivity contribution in [2.75, 3.05) is 19.6 Å². The van der Waals surface area contributed by atoms with Crippen LogP contribution in [-0.2, 0) is 12.0 Å². The van der Waals surface area contributed by atoms with E-state index in [-0.39, 0.29) is 5.41 Å². The largest absolute Gasteiger partial charge is 0.317 e. The van der Waals surface area contributed by atoms with Crippen LogP contribution in [0.3, 0.4) is 0 Å². The van der Waals surface area contributed by atoms with E-state index in [0.717, 1.165) is 26.2 Å². The number of nitrogens with one attached hydrogen (secondary N) is 2. The predicted molar refractivity (Wildman–Crippen MR) is 84.6 cm³/mol. The molecule has 0 fully saturated rings. The first-order valence-electron chi connectivity index (χ1n) is 7.55. The van der Waals surface area contributed by atoms with E-state index in [0.29, 0.717) is 0 Å². The van der Waals surface area contributed by atoms with E-state index in [1.54, 1.807) is 0 Å². The zero-order valence-electron chi connectivity index (χ0n) is 13.1. The predicted octanol–water partition coefficient (Wildman–Crippen LogP) is 3.46. The Labute approximate surface area is 119 Å². The van der Waals surface area contributed by atoms with Gasteiger partial charge in [-0.25, -0.2) is 0 Å². The molecule has 0 saturated carbocycles. The third kappa shape index (κ3) is 6.22. The van der Waals surface area contributed by atoms with Gasteiger partial charge < -0.3 is 10.6 Å². The van der Waals surface area contributed by atoms with Crippen molar-refractivity contribution in [3.8, 4) is 0 Å². The molecule has 2 N–H and O–H groups in total. The van der Waals surface area contributed by atoms with Gasteiger partial charge in [-0.05, 0) is 49.0 Å². The first-order chi connectivity index (χ1) is 9.05. The number of benzene rings is 1. The second kappa shape index (κ2) is 8.34. The van der Waals surface area contributed by atoms with Crippen LogP contribution in [0, 0.1) is 0 Å². The zero-order chi connectivity index (χ0) is 14.1. The maximum absolute atomic E-state index is 3.55. The summed E-state index contributed by atoms with van der Waals surface area (Å²) in [6.07, 6.45) is 2.41. The first kappa shape index (κ1) is 16.2. The van der Waals surface area contributed by atoms with Crippen molar-refractivity contribution >= 4 is 0 Å². The van der Waals surface area contributed by atoms with Gasteiger partial charge in [-0.1, -0.05) is 52.0 Å². The molecule has 0 aliphatic rings. The van der Waals surface area contributed by atoms with Crippen molar-refractivity contribution in [2.45, 2.75) is 52.5 Å². The molecule has 0 heterocycles. The molecule has 108 valence electrons. The Hall–Kier alpha value is -0.860. The van der Waals surface area contributed by atoms with Gasteiger partial charge in [-0.2, -0.15) is 0 Å². The van der Waals surface area contributed by atoms with Crippen molar-refractivity contribution in [2.24, 2.45) is 0 Å². The highest BCUT2D eigenvalue weighted by molar-refractivity contribution is 5.32. The van der Waals surface area contributed by atoms with Gasteiger partial charge in [0, 0.05) is 6.54 Å². The molecule has 1 rings (SSSR count). The fraction of sp³-hybridized carbons (Fsp3) is 0.647. The van der Waals surface area contributed by atoms with Gasteiger partial charge in [0.15, 0.2) is 0 Å². The number of hydrogen-bond donors (Lipinski definition) is 2. The SMILES string of the molecule is CCCNCCCNCc1ccccc1C(C)(C)C. The van der Waals surface area contributed by atoms with Crippen molar-refractivity contribution in [1.29, 1.82) is 0 Å². The normalized spacial score (nSPS) is 11.8. The Morgan fingerprint density at radius 3 is 2.32 bits per heavy atom. The standard InChI is InChI=1S/C17H30N2/c1-5-11-18-12-8-13-19-14-15-9-6-7-10-16(15)17(2,3)4/h6-7,9-10,18-19H,5,8,11-14H2,1-4H3. The van der Waals surface area contributed by atoms with Crippen LogP contribution >= 0.6 is 0 Å². The molecule has 0 aliphatic carbocycles. The molecule has 0 aliphatic heterocycles. The van der Waals surface area contributed by atoms with Crippen molar-refractivity contribution in [3.63, 3.8) is 0 Å². The van der Waals surface area contributed by atoms with E-state index in [1.165, 1.54) is 24.0 Å². The van der Waals surface area contributed by atoms with Crippen molar-refractivity contribution in [1.82, 2.24) is 10.6 Å². The summed E-state index contributed by atoms with van der Waals surface area (Å²) in [6, 6.07) is 8.76. The second-order valence-corrected chi connectivity index (χ2v) is 6.19. The molecule has 0 unspecified atom stereocenters. The van der Waals surface area contributed by atoms with Crippen LogP contribution in [0.1, 0.15) is 51.7 Å². The zero-order valence-corrected chi connectivity index (χ0v) is 13.1. The highest BCUT2D eigenvalue weighted by Crippen LogP contribution is 2.25. The molecule has 19 heavy (non-hydrogen) atoms. The third-order valence-corrected chi connectivity index (χ3v) is 3.27. The van der Waals surface area contributed by atoms with Gasteiger partial charge >= 0.3 is 0 Å². The molecule has 1 aromatic carbocycles. The Balaban J connectivity index is 2.33. The molecule has 1 aromatic rings. The van der Waals surface area contributed by atoms with Gasteiger partial charge in [0.05, 0.1) is 0 Å². The maximum atomic E-state index is 3.55.